The minimum Gasteiger partial charge on any atom is -0.379 e. The molecule has 0 aromatic carbocycles. The largest absolute Gasteiger partial charge is 0.379 e. The summed E-state index contributed by atoms with van der Waals surface area (Å²) in [5, 5.41) is 3.27. The van der Waals surface area contributed by atoms with Gasteiger partial charge in [-0.05, 0) is 25.7 Å². The molecule has 1 aliphatic heterocycles. The number of primary amides is 1. The molecule has 1 saturated heterocycles. The number of amides is 2. The SMILES string of the molecule is CCCCCCCCCCCCCCOC[C@H](CNCC(=O)N1CCCC1C(N)=O)OCCCCCCCCCCCCCC. The Morgan fingerprint density at radius 2 is 1.13 bits per heavy atom. The number of likely N-dealkylation sites (tertiary alicyclic amines) is 1. The number of nitrogens with two attached hydrogens (primary N) is 1. The quantitative estimate of drug-likeness (QED) is 0.0688. The Hall–Kier alpha value is -1.18. The van der Waals surface area contributed by atoms with Crippen LogP contribution in [0.5, 0.6) is 0 Å². The van der Waals surface area contributed by atoms with Gasteiger partial charge in [0.1, 0.15) is 6.04 Å². The van der Waals surface area contributed by atoms with E-state index in [4.69, 9.17) is 15.2 Å². The molecule has 1 rings (SSSR count). The van der Waals surface area contributed by atoms with Gasteiger partial charge in [0, 0.05) is 26.3 Å². The van der Waals surface area contributed by atoms with Crippen LogP contribution in [0.4, 0.5) is 0 Å². The van der Waals surface area contributed by atoms with Gasteiger partial charge in [0.2, 0.25) is 11.8 Å². The number of unbranched alkanes of at least 4 members (excludes halogenated alkanes) is 22. The number of hydrogen-bond acceptors (Lipinski definition) is 5. The van der Waals surface area contributed by atoms with Crippen LogP contribution in [0.25, 0.3) is 0 Å². The second kappa shape index (κ2) is 31.4. The van der Waals surface area contributed by atoms with Crippen LogP contribution >= 0.6 is 0 Å². The molecule has 0 aromatic heterocycles. The lowest BCUT2D eigenvalue weighted by atomic mass is 10.1. The molecular formula is C38H75N3O4. The van der Waals surface area contributed by atoms with Crippen molar-refractivity contribution in [1.29, 1.82) is 0 Å². The lowest BCUT2D eigenvalue weighted by Crippen LogP contribution is -2.47. The molecule has 1 heterocycles. The first-order chi connectivity index (χ1) is 22.1. The predicted octanol–water partition coefficient (Wildman–Crippen LogP) is 8.86. The number of nitrogens with zero attached hydrogens (tertiary/aromatic N) is 1. The third kappa shape index (κ3) is 24.6. The van der Waals surface area contributed by atoms with Crippen molar-refractivity contribution in [1.82, 2.24) is 10.2 Å². The lowest BCUT2D eigenvalue weighted by Gasteiger charge is -2.23. The Morgan fingerprint density at radius 1 is 0.689 bits per heavy atom. The zero-order chi connectivity index (χ0) is 32.6. The maximum absolute atomic E-state index is 12.7. The fourth-order valence-corrected chi connectivity index (χ4v) is 6.42. The lowest BCUT2D eigenvalue weighted by molar-refractivity contribution is -0.136. The fraction of sp³-hybridized carbons (Fsp3) is 0.947. The summed E-state index contributed by atoms with van der Waals surface area (Å²) in [5.74, 6) is -0.468. The second-order valence-corrected chi connectivity index (χ2v) is 13.6. The summed E-state index contributed by atoms with van der Waals surface area (Å²) in [4.78, 5) is 26.0. The highest BCUT2D eigenvalue weighted by atomic mass is 16.5. The minimum absolute atomic E-state index is 0.0616. The number of carbonyl (C=O) groups is 2. The first-order valence-electron chi connectivity index (χ1n) is 19.6. The molecule has 7 heteroatoms. The van der Waals surface area contributed by atoms with Crippen molar-refractivity contribution >= 4 is 11.8 Å². The minimum atomic E-state index is -0.462. The maximum atomic E-state index is 12.7. The molecule has 0 saturated carbocycles. The average molecular weight is 638 g/mol. The summed E-state index contributed by atoms with van der Waals surface area (Å²) in [6.07, 6.45) is 33.4. The van der Waals surface area contributed by atoms with Crippen LogP contribution in [0.3, 0.4) is 0 Å². The molecule has 7 nitrogen and oxygen atoms in total. The normalized spacial score (nSPS) is 15.6. The highest BCUT2D eigenvalue weighted by Crippen LogP contribution is 2.17. The standard InChI is InChI=1S/C38H75N3O4/c1-3-5-7-9-11-13-15-17-19-21-23-25-30-44-34-35(32-40-33-37(42)41-29-27-28-36(41)38(39)43)45-31-26-24-22-20-18-16-14-12-10-8-6-4-2/h35-36,40H,3-34H2,1-2H3,(H2,39,43)/t35-,36?/m0/s1. The van der Waals surface area contributed by atoms with E-state index in [0.717, 1.165) is 32.5 Å². The van der Waals surface area contributed by atoms with Crippen LogP contribution in [0.15, 0.2) is 0 Å². The van der Waals surface area contributed by atoms with Crippen molar-refractivity contribution in [3.63, 3.8) is 0 Å². The molecule has 1 aliphatic rings. The highest BCUT2D eigenvalue weighted by molar-refractivity contribution is 5.88. The Kier molecular flexibility index (Phi) is 29.2. The van der Waals surface area contributed by atoms with Crippen molar-refractivity contribution < 1.29 is 19.1 Å². The monoisotopic (exact) mass is 638 g/mol. The third-order valence-corrected chi connectivity index (χ3v) is 9.35. The molecule has 2 atom stereocenters. The Balaban J connectivity index is 2.19. The molecule has 0 bridgehead atoms. The van der Waals surface area contributed by atoms with Gasteiger partial charge in [0.15, 0.2) is 0 Å². The molecule has 45 heavy (non-hydrogen) atoms. The summed E-state index contributed by atoms with van der Waals surface area (Å²) in [5.41, 5.74) is 5.50. The van der Waals surface area contributed by atoms with Crippen LogP contribution in [0.2, 0.25) is 0 Å². The Bertz CT molecular complexity index is 677. The first-order valence-corrected chi connectivity index (χ1v) is 19.6. The van der Waals surface area contributed by atoms with Gasteiger partial charge in [-0.15, -0.1) is 0 Å². The van der Waals surface area contributed by atoms with E-state index < -0.39 is 11.9 Å². The van der Waals surface area contributed by atoms with E-state index in [1.54, 1.807) is 4.90 Å². The number of rotatable bonds is 34. The molecule has 3 N–H and O–H groups in total. The van der Waals surface area contributed by atoms with Crippen LogP contribution in [-0.4, -0.2) is 68.3 Å². The van der Waals surface area contributed by atoms with Crippen LogP contribution < -0.4 is 11.1 Å². The molecule has 2 amide bonds. The molecule has 1 unspecified atom stereocenters. The highest BCUT2D eigenvalue weighted by Gasteiger charge is 2.32. The zero-order valence-corrected chi connectivity index (χ0v) is 29.9. The van der Waals surface area contributed by atoms with Crippen molar-refractivity contribution in [2.45, 2.75) is 193 Å². The summed E-state index contributed by atoms with van der Waals surface area (Å²) in [6, 6.07) is -0.462. The van der Waals surface area contributed by atoms with Crippen LogP contribution in [-0.2, 0) is 19.1 Å². The second-order valence-electron chi connectivity index (χ2n) is 13.6. The van der Waals surface area contributed by atoms with E-state index in [-0.39, 0.29) is 18.6 Å². The third-order valence-electron chi connectivity index (χ3n) is 9.35. The molecule has 0 radical (unpaired) electrons. The smallest absolute Gasteiger partial charge is 0.240 e. The summed E-state index contributed by atoms with van der Waals surface area (Å²) in [7, 11) is 0. The summed E-state index contributed by atoms with van der Waals surface area (Å²) >= 11 is 0. The van der Waals surface area contributed by atoms with E-state index in [1.165, 1.54) is 141 Å². The van der Waals surface area contributed by atoms with E-state index in [9.17, 15) is 9.59 Å². The van der Waals surface area contributed by atoms with Crippen molar-refractivity contribution in [2.75, 3.05) is 39.5 Å². The molecule has 0 spiro atoms. The Morgan fingerprint density at radius 3 is 1.60 bits per heavy atom. The van der Waals surface area contributed by atoms with Crippen molar-refractivity contribution in [3.05, 3.63) is 0 Å². The molecule has 0 aromatic rings. The van der Waals surface area contributed by atoms with Crippen molar-refractivity contribution in [3.8, 4) is 0 Å². The van der Waals surface area contributed by atoms with Crippen LogP contribution in [0, 0.1) is 0 Å². The van der Waals surface area contributed by atoms with Crippen LogP contribution in [0.1, 0.15) is 181 Å². The predicted molar refractivity (Wildman–Crippen MR) is 190 cm³/mol. The van der Waals surface area contributed by atoms with Gasteiger partial charge in [-0.2, -0.15) is 0 Å². The van der Waals surface area contributed by atoms with Gasteiger partial charge in [-0.1, -0.05) is 155 Å². The Labute approximate surface area is 278 Å². The van der Waals surface area contributed by atoms with Gasteiger partial charge in [0.25, 0.3) is 0 Å². The van der Waals surface area contributed by atoms with Gasteiger partial charge in [-0.3, -0.25) is 9.59 Å². The molecule has 0 aliphatic carbocycles. The number of ether oxygens (including phenoxy) is 2. The van der Waals surface area contributed by atoms with Crippen molar-refractivity contribution in [2.24, 2.45) is 5.73 Å². The number of hydrogen-bond donors (Lipinski definition) is 2. The topological polar surface area (TPSA) is 93.9 Å². The van der Waals surface area contributed by atoms with Gasteiger partial charge >= 0.3 is 0 Å². The zero-order valence-electron chi connectivity index (χ0n) is 29.9. The molecule has 266 valence electrons. The number of nitrogens with one attached hydrogen (secondary N) is 1. The summed E-state index contributed by atoms with van der Waals surface area (Å²) in [6.45, 7) is 7.97. The number of carbonyl (C=O) groups excluding carboxylic acids is 2. The van der Waals surface area contributed by atoms with E-state index >= 15 is 0 Å². The maximum Gasteiger partial charge on any atom is 0.240 e. The van der Waals surface area contributed by atoms with E-state index in [0.29, 0.717) is 26.1 Å². The van der Waals surface area contributed by atoms with Gasteiger partial charge in [0.05, 0.1) is 19.3 Å². The molecular weight excluding hydrogens is 562 g/mol. The first kappa shape index (κ1) is 41.8. The molecule has 1 fully saturated rings. The van der Waals surface area contributed by atoms with E-state index in [1.807, 2.05) is 0 Å². The van der Waals surface area contributed by atoms with Gasteiger partial charge in [-0.25, -0.2) is 0 Å². The average Bonchev–Trinajstić information content (AvgIpc) is 3.54. The fourth-order valence-electron chi connectivity index (χ4n) is 6.42. The summed E-state index contributed by atoms with van der Waals surface area (Å²) < 4.78 is 12.3. The van der Waals surface area contributed by atoms with E-state index in [2.05, 4.69) is 19.2 Å². The van der Waals surface area contributed by atoms with Gasteiger partial charge < -0.3 is 25.4 Å².